The predicted molar refractivity (Wildman–Crippen MR) is 81.9 cm³/mol. The van der Waals surface area contributed by atoms with E-state index in [4.69, 9.17) is 0 Å². The lowest BCUT2D eigenvalue weighted by atomic mass is 10.1. The van der Waals surface area contributed by atoms with Crippen molar-refractivity contribution >= 4 is 23.4 Å². The Kier molecular flexibility index (Phi) is 4.46. The first-order chi connectivity index (χ1) is 10.1. The summed E-state index contributed by atoms with van der Waals surface area (Å²) < 4.78 is 0. The first-order valence-electron chi connectivity index (χ1n) is 6.35. The largest absolute Gasteiger partial charge is 0.323 e. The van der Waals surface area contributed by atoms with Crippen molar-refractivity contribution in [1.29, 1.82) is 0 Å². The van der Waals surface area contributed by atoms with Gasteiger partial charge in [0, 0.05) is 17.8 Å². The van der Waals surface area contributed by atoms with Crippen LogP contribution in [0, 0.1) is 17.0 Å². The zero-order valence-corrected chi connectivity index (χ0v) is 11.4. The lowest BCUT2D eigenvalue weighted by Crippen LogP contribution is -2.07. The fraction of sp³-hybridized carbons (Fsp3) is 0.0625. The molecule has 0 aliphatic rings. The number of para-hydroxylation sites is 1. The number of nitrogens with one attached hydrogen (secondary N) is 1. The van der Waals surface area contributed by atoms with Gasteiger partial charge in [-0.05, 0) is 36.8 Å². The second-order valence-electron chi connectivity index (χ2n) is 4.51. The van der Waals surface area contributed by atoms with Crippen molar-refractivity contribution in [3.63, 3.8) is 0 Å². The number of amides is 1. The van der Waals surface area contributed by atoms with E-state index in [2.05, 4.69) is 5.32 Å². The smallest absolute Gasteiger partial charge is 0.276 e. The van der Waals surface area contributed by atoms with Crippen LogP contribution < -0.4 is 5.32 Å². The highest BCUT2D eigenvalue weighted by Crippen LogP contribution is 2.19. The van der Waals surface area contributed by atoms with Crippen LogP contribution in [0.5, 0.6) is 0 Å². The van der Waals surface area contributed by atoms with Crippen molar-refractivity contribution < 1.29 is 9.72 Å². The average molecular weight is 282 g/mol. The Morgan fingerprint density at radius 2 is 1.95 bits per heavy atom. The average Bonchev–Trinajstić information content (AvgIpc) is 2.45. The number of carbonyl (C=O) groups excluding carboxylic acids is 1. The van der Waals surface area contributed by atoms with Crippen LogP contribution in [-0.2, 0) is 4.79 Å². The van der Waals surface area contributed by atoms with Crippen molar-refractivity contribution in [1.82, 2.24) is 0 Å². The van der Waals surface area contributed by atoms with E-state index in [0.717, 1.165) is 5.56 Å². The summed E-state index contributed by atoms with van der Waals surface area (Å²) in [7, 11) is 0. The van der Waals surface area contributed by atoms with E-state index in [1.807, 2.05) is 25.1 Å². The molecule has 106 valence electrons. The standard InChI is InChI=1S/C16H14N2O3/c1-12-5-4-7-14(11-12)17-16(19)10-9-13-6-2-3-8-15(13)18(20)21/h2-11H,1H3,(H,17,19). The summed E-state index contributed by atoms with van der Waals surface area (Å²) in [6.45, 7) is 1.93. The third-order valence-corrected chi connectivity index (χ3v) is 2.83. The summed E-state index contributed by atoms with van der Waals surface area (Å²) in [4.78, 5) is 22.2. The van der Waals surface area contributed by atoms with Crippen molar-refractivity contribution in [2.45, 2.75) is 6.92 Å². The summed E-state index contributed by atoms with van der Waals surface area (Å²) in [5.41, 5.74) is 2.08. The van der Waals surface area contributed by atoms with Crippen molar-refractivity contribution in [3.05, 3.63) is 75.8 Å². The zero-order valence-electron chi connectivity index (χ0n) is 11.4. The van der Waals surface area contributed by atoms with Gasteiger partial charge in [-0.2, -0.15) is 0 Å². The summed E-state index contributed by atoms with van der Waals surface area (Å²) >= 11 is 0. The highest BCUT2D eigenvalue weighted by atomic mass is 16.6. The molecule has 0 atom stereocenters. The summed E-state index contributed by atoms with van der Waals surface area (Å²) in [5.74, 6) is -0.334. The Balaban J connectivity index is 2.11. The van der Waals surface area contributed by atoms with Gasteiger partial charge in [0.2, 0.25) is 5.91 Å². The lowest BCUT2D eigenvalue weighted by Gasteiger charge is -2.02. The Hall–Kier alpha value is -2.95. The van der Waals surface area contributed by atoms with E-state index in [9.17, 15) is 14.9 Å². The molecule has 5 heteroatoms. The molecule has 5 nitrogen and oxygen atoms in total. The number of rotatable bonds is 4. The summed E-state index contributed by atoms with van der Waals surface area (Å²) in [6, 6.07) is 13.7. The van der Waals surface area contributed by atoms with Crippen LogP contribution in [0.1, 0.15) is 11.1 Å². The van der Waals surface area contributed by atoms with E-state index >= 15 is 0 Å². The van der Waals surface area contributed by atoms with Gasteiger partial charge in [0.1, 0.15) is 0 Å². The number of benzene rings is 2. The normalized spacial score (nSPS) is 10.5. The minimum Gasteiger partial charge on any atom is -0.323 e. The van der Waals surface area contributed by atoms with E-state index in [1.165, 1.54) is 18.2 Å². The Labute approximate surface area is 122 Å². The fourth-order valence-electron chi connectivity index (χ4n) is 1.87. The van der Waals surface area contributed by atoms with Crippen LogP contribution in [0.25, 0.3) is 6.08 Å². The van der Waals surface area contributed by atoms with Crippen molar-refractivity contribution in [2.24, 2.45) is 0 Å². The third kappa shape index (κ3) is 4.01. The Bertz CT molecular complexity index is 708. The molecule has 0 radical (unpaired) electrons. The van der Waals surface area contributed by atoms with Crippen LogP contribution in [0.2, 0.25) is 0 Å². The molecule has 2 aromatic carbocycles. The van der Waals surface area contributed by atoms with Gasteiger partial charge in [0.25, 0.3) is 5.69 Å². The molecule has 0 aliphatic carbocycles. The van der Waals surface area contributed by atoms with Gasteiger partial charge in [-0.15, -0.1) is 0 Å². The molecule has 0 saturated heterocycles. The van der Waals surface area contributed by atoms with Crippen LogP contribution >= 0.6 is 0 Å². The maximum atomic E-state index is 11.8. The first kappa shape index (κ1) is 14.5. The van der Waals surface area contributed by atoms with E-state index < -0.39 is 4.92 Å². The van der Waals surface area contributed by atoms with E-state index in [-0.39, 0.29) is 11.6 Å². The van der Waals surface area contributed by atoms with Gasteiger partial charge in [-0.25, -0.2) is 0 Å². The van der Waals surface area contributed by atoms with Crippen molar-refractivity contribution in [3.8, 4) is 0 Å². The highest BCUT2D eigenvalue weighted by molar-refractivity contribution is 6.02. The monoisotopic (exact) mass is 282 g/mol. The molecular weight excluding hydrogens is 268 g/mol. The maximum absolute atomic E-state index is 11.8. The molecule has 0 aliphatic heterocycles. The molecule has 2 rings (SSSR count). The number of hydrogen-bond donors (Lipinski definition) is 1. The van der Waals surface area contributed by atoms with Gasteiger partial charge < -0.3 is 5.32 Å². The third-order valence-electron chi connectivity index (χ3n) is 2.83. The van der Waals surface area contributed by atoms with Crippen LogP contribution in [0.3, 0.4) is 0 Å². The molecule has 0 unspecified atom stereocenters. The molecule has 0 spiro atoms. The maximum Gasteiger partial charge on any atom is 0.276 e. The summed E-state index contributed by atoms with van der Waals surface area (Å²) in [6.07, 6.45) is 2.72. The molecular formula is C16H14N2O3. The minimum absolute atomic E-state index is 0.0305. The summed E-state index contributed by atoms with van der Waals surface area (Å²) in [5, 5.41) is 13.6. The molecule has 0 saturated carbocycles. The molecule has 0 bridgehead atoms. The van der Waals surface area contributed by atoms with Crippen LogP contribution in [-0.4, -0.2) is 10.8 Å². The number of carbonyl (C=O) groups is 1. The molecule has 21 heavy (non-hydrogen) atoms. The fourth-order valence-corrected chi connectivity index (χ4v) is 1.87. The lowest BCUT2D eigenvalue weighted by molar-refractivity contribution is -0.385. The number of hydrogen-bond acceptors (Lipinski definition) is 3. The first-order valence-corrected chi connectivity index (χ1v) is 6.35. The molecule has 0 aromatic heterocycles. The molecule has 2 aromatic rings. The van der Waals surface area contributed by atoms with Gasteiger partial charge in [0.15, 0.2) is 0 Å². The van der Waals surface area contributed by atoms with Crippen molar-refractivity contribution in [2.75, 3.05) is 5.32 Å². The second-order valence-corrected chi connectivity index (χ2v) is 4.51. The van der Waals surface area contributed by atoms with E-state index in [1.54, 1.807) is 24.3 Å². The number of anilines is 1. The predicted octanol–water partition coefficient (Wildman–Crippen LogP) is 3.56. The number of nitro benzene ring substituents is 1. The number of nitrogens with zero attached hydrogens (tertiary/aromatic N) is 1. The molecule has 1 N–H and O–H groups in total. The number of nitro groups is 1. The van der Waals surface area contributed by atoms with E-state index in [0.29, 0.717) is 11.3 Å². The minimum atomic E-state index is -0.474. The van der Waals surface area contributed by atoms with Gasteiger partial charge >= 0.3 is 0 Å². The van der Waals surface area contributed by atoms with Crippen LogP contribution in [0.15, 0.2) is 54.6 Å². The molecule has 0 fully saturated rings. The van der Waals surface area contributed by atoms with Gasteiger partial charge in [-0.3, -0.25) is 14.9 Å². The second kappa shape index (κ2) is 6.47. The van der Waals surface area contributed by atoms with Gasteiger partial charge in [0.05, 0.1) is 10.5 Å². The number of aryl methyl sites for hydroxylation is 1. The Morgan fingerprint density at radius 1 is 1.19 bits per heavy atom. The molecule has 0 heterocycles. The zero-order chi connectivity index (χ0) is 15.2. The quantitative estimate of drug-likeness (QED) is 0.529. The van der Waals surface area contributed by atoms with Crippen LogP contribution in [0.4, 0.5) is 11.4 Å². The Morgan fingerprint density at radius 3 is 2.67 bits per heavy atom. The topological polar surface area (TPSA) is 72.2 Å². The van der Waals surface area contributed by atoms with Gasteiger partial charge in [-0.1, -0.05) is 24.3 Å². The SMILES string of the molecule is Cc1cccc(NC(=O)C=Cc2ccccc2[N+](=O)[O-])c1. The highest BCUT2D eigenvalue weighted by Gasteiger charge is 2.09. The molecule has 1 amide bonds.